The van der Waals surface area contributed by atoms with Crippen LogP contribution in [0.2, 0.25) is 0 Å². The van der Waals surface area contributed by atoms with Crippen molar-refractivity contribution in [3.8, 4) is 16.9 Å². The Kier molecular flexibility index (Phi) is 14.5. The number of amides is 2. The molecule has 2 amide bonds. The Balaban J connectivity index is 1.95. The molecule has 0 N–H and O–H groups in total. The van der Waals surface area contributed by atoms with Crippen LogP contribution in [0.3, 0.4) is 0 Å². The summed E-state index contributed by atoms with van der Waals surface area (Å²) < 4.78 is 80.2. The van der Waals surface area contributed by atoms with E-state index >= 15 is 0 Å². The smallest absolute Gasteiger partial charge is 0.459 e. The Morgan fingerprint density at radius 1 is 0.815 bits per heavy atom. The minimum absolute atomic E-state index is 0.0216. The van der Waals surface area contributed by atoms with Crippen molar-refractivity contribution in [2.75, 3.05) is 32.4 Å². The summed E-state index contributed by atoms with van der Waals surface area (Å²) in [6.07, 6.45) is -5.94. The molecule has 302 valence electrons. The van der Waals surface area contributed by atoms with E-state index in [1.165, 1.54) is 12.1 Å². The summed E-state index contributed by atoms with van der Waals surface area (Å²) in [4.78, 5) is 43.5. The molecule has 0 radical (unpaired) electrons. The summed E-state index contributed by atoms with van der Waals surface area (Å²) in [7, 11) is -3.71. The quantitative estimate of drug-likeness (QED) is 0.0890. The third-order valence-corrected chi connectivity index (χ3v) is 11.5. The standard InChI is InChI=1S/C39H56F3N2O9P/c1-11-49-54(48)25-24-43(26-29-16-12-13-17-31(29)28-18-20-30(21-19-28)50-39(40,41)42)27-38(54,32(45)51-35(2,3)4)22-14-15-23-44(33(46)52-36(5,6)7)34(47)53-37(8,9)10/h12-13,16-21H,11,14-15,22-27H2,1-10H3. The van der Waals surface area contributed by atoms with Gasteiger partial charge in [0.05, 0.1) is 6.61 Å². The predicted molar refractivity (Wildman–Crippen MR) is 200 cm³/mol. The molecule has 54 heavy (non-hydrogen) atoms. The Morgan fingerprint density at radius 2 is 1.37 bits per heavy atom. The molecule has 0 aliphatic carbocycles. The minimum atomic E-state index is -4.81. The summed E-state index contributed by atoms with van der Waals surface area (Å²) in [5, 5.41) is -1.59. The molecule has 2 atom stereocenters. The summed E-state index contributed by atoms with van der Waals surface area (Å²) in [5.74, 6) is -1.00. The fourth-order valence-electron chi connectivity index (χ4n) is 6.10. The number of alkyl halides is 3. The van der Waals surface area contributed by atoms with Crippen LogP contribution < -0.4 is 4.74 Å². The zero-order valence-electron chi connectivity index (χ0n) is 33.1. The third kappa shape index (κ3) is 13.0. The van der Waals surface area contributed by atoms with Crippen LogP contribution in [-0.4, -0.2) is 88.7 Å². The van der Waals surface area contributed by atoms with Crippen LogP contribution in [0, 0.1) is 0 Å². The van der Waals surface area contributed by atoms with Crippen molar-refractivity contribution in [2.24, 2.45) is 0 Å². The molecule has 2 aromatic rings. The van der Waals surface area contributed by atoms with Crippen molar-refractivity contribution in [3.05, 3.63) is 54.1 Å². The molecule has 11 nitrogen and oxygen atoms in total. The van der Waals surface area contributed by atoms with Gasteiger partial charge >= 0.3 is 24.5 Å². The van der Waals surface area contributed by atoms with E-state index in [-0.39, 0.29) is 50.9 Å². The van der Waals surface area contributed by atoms with Gasteiger partial charge in [-0.05, 0) is 117 Å². The lowest BCUT2D eigenvalue weighted by Crippen LogP contribution is -2.56. The number of esters is 1. The second-order valence-corrected chi connectivity index (χ2v) is 19.3. The van der Waals surface area contributed by atoms with Crippen LogP contribution in [0.15, 0.2) is 48.5 Å². The van der Waals surface area contributed by atoms with E-state index in [1.54, 1.807) is 81.4 Å². The number of imide groups is 1. The number of halogens is 3. The first kappa shape index (κ1) is 44.8. The lowest BCUT2D eigenvalue weighted by Gasteiger charge is -2.46. The van der Waals surface area contributed by atoms with Gasteiger partial charge in [0.15, 0.2) is 5.16 Å². The number of ether oxygens (including phenoxy) is 4. The van der Waals surface area contributed by atoms with Crippen LogP contribution in [-0.2, 0) is 34.6 Å². The van der Waals surface area contributed by atoms with Gasteiger partial charge < -0.3 is 23.5 Å². The fraction of sp³-hybridized carbons (Fsp3) is 0.615. The molecule has 2 unspecified atom stereocenters. The maximum Gasteiger partial charge on any atom is 0.573 e. The largest absolute Gasteiger partial charge is 0.573 e. The van der Waals surface area contributed by atoms with Gasteiger partial charge in [0.25, 0.3) is 0 Å². The van der Waals surface area contributed by atoms with Crippen molar-refractivity contribution in [1.29, 1.82) is 0 Å². The molecule has 0 spiro atoms. The van der Waals surface area contributed by atoms with Crippen LogP contribution in [0.4, 0.5) is 22.8 Å². The molecule has 0 bridgehead atoms. The zero-order chi connectivity index (χ0) is 40.8. The molecule has 1 saturated heterocycles. The van der Waals surface area contributed by atoms with E-state index in [4.69, 9.17) is 18.7 Å². The molecular weight excluding hydrogens is 728 g/mol. The predicted octanol–water partition coefficient (Wildman–Crippen LogP) is 9.81. The molecular formula is C39H56F3N2O9P. The van der Waals surface area contributed by atoms with E-state index in [9.17, 15) is 32.1 Å². The topological polar surface area (TPSA) is 121 Å². The van der Waals surface area contributed by atoms with Crippen LogP contribution in [0.25, 0.3) is 11.1 Å². The van der Waals surface area contributed by atoms with Gasteiger partial charge in [-0.2, -0.15) is 0 Å². The highest BCUT2D eigenvalue weighted by Crippen LogP contribution is 2.64. The number of nitrogens with zero attached hydrogens (tertiary/aromatic N) is 2. The maximum absolute atomic E-state index is 14.9. The van der Waals surface area contributed by atoms with E-state index in [1.807, 2.05) is 29.2 Å². The average molecular weight is 785 g/mol. The number of benzene rings is 2. The minimum Gasteiger partial charge on any atom is -0.459 e. The number of carbonyl (C=O) groups excluding carboxylic acids is 3. The molecule has 0 saturated carbocycles. The van der Waals surface area contributed by atoms with Gasteiger partial charge in [-0.15, -0.1) is 13.2 Å². The van der Waals surface area contributed by atoms with Gasteiger partial charge in [0.1, 0.15) is 22.6 Å². The maximum atomic E-state index is 14.9. The zero-order valence-corrected chi connectivity index (χ0v) is 34.0. The Hall–Kier alpha value is -3.61. The molecule has 1 aliphatic rings. The molecule has 1 heterocycles. The molecule has 1 aliphatic heterocycles. The van der Waals surface area contributed by atoms with E-state index in [2.05, 4.69) is 4.74 Å². The second-order valence-electron chi connectivity index (χ2n) is 16.4. The van der Waals surface area contributed by atoms with Crippen LogP contribution in [0.5, 0.6) is 5.75 Å². The number of hydrogen-bond acceptors (Lipinski definition) is 10. The first-order valence-electron chi connectivity index (χ1n) is 18.1. The average Bonchev–Trinajstić information content (AvgIpc) is 3.00. The Bertz CT molecular complexity index is 1620. The van der Waals surface area contributed by atoms with Crippen molar-refractivity contribution in [1.82, 2.24) is 9.80 Å². The SMILES string of the molecule is CCOP1(=O)CCN(Cc2ccccc2-c2ccc(OC(F)(F)F)cc2)CC1(CCCCN(C(=O)OC(C)(C)C)C(=O)OC(C)(C)C)C(=O)OC(C)(C)C. The highest BCUT2D eigenvalue weighted by molar-refractivity contribution is 7.62. The highest BCUT2D eigenvalue weighted by Gasteiger charge is 2.59. The second kappa shape index (κ2) is 17.5. The van der Waals surface area contributed by atoms with Crippen molar-refractivity contribution < 1.29 is 55.6 Å². The summed E-state index contributed by atoms with van der Waals surface area (Å²) >= 11 is 0. The Labute approximate surface area is 317 Å². The first-order valence-corrected chi connectivity index (χ1v) is 19.9. The monoisotopic (exact) mass is 784 g/mol. The van der Waals surface area contributed by atoms with E-state index in [0.717, 1.165) is 16.0 Å². The molecule has 3 rings (SSSR count). The van der Waals surface area contributed by atoms with Crippen molar-refractivity contribution in [2.45, 2.75) is 123 Å². The molecule has 0 aromatic heterocycles. The van der Waals surface area contributed by atoms with E-state index in [0.29, 0.717) is 18.7 Å². The lowest BCUT2D eigenvalue weighted by molar-refractivity contribution is -0.274. The van der Waals surface area contributed by atoms with Crippen LogP contribution in [0.1, 0.15) is 94.1 Å². The van der Waals surface area contributed by atoms with Gasteiger partial charge in [0, 0.05) is 32.3 Å². The van der Waals surface area contributed by atoms with Crippen LogP contribution >= 0.6 is 7.37 Å². The van der Waals surface area contributed by atoms with Crippen molar-refractivity contribution >= 4 is 25.5 Å². The van der Waals surface area contributed by atoms with Gasteiger partial charge in [0.2, 0.25) is 7.37 Å². The van der Waals surface area contributed by atoms with Gasteiger partial charge in [-0.3, -0.25) is 14.3 Å². The highest BCUT2D eigenvalue weighted by atomic mass is 31.2. The van der Waals surface area contributed by atoms with Gasteiger partial charge in [-0.25, -0.2) is 14.5 Å². The first-order chi connectivity index (χ1) is 24.8. The molecule has 15 heteroatoms. The molecule has 2 aromatic carbocycles. The fourth-order valence-corrected chi connectivity index (χ4v) is 9.10. The summed E-state index contributed by atoms with van der Waals surface area (Å²) in [6.45, 7) is 17.7. The number of unbranched alkanes of at least 4 members (excludes halogenated alkanes) is 1. The molecule has 1 fully saturated rings. The summed E-state index contributed by atoms with van der Waals surface area (Å²) in [6, 6.07) is 13.0. The summed E-state index contributed by atoms with van der Waals surface area (Å²) in [5.41, 5.74) is -0.410. The van der Waals surface area contributed by atoms with E-state index < -0.39 is 53.8 Å². The normalized spacial score (nSPS) is 19.9. The lowest BCUT2D eigenvalue weighted by atomic mass is 9.96. The number of carbonyl (C=O) groups is 3. The number of rotatable bonds is 12. The number of hydrogen-bond donors (Lipinski definition) is 0. The van der Waals surface area contributed by atoms with Gasteiger partial charge in [-0.1, -0.05) is 36.4 Å². The third-order valence-electron chi connectivity index (χ3n) is 8.22. The van der Waals surface area contributed by atoms with Crippen molar-refractivity contribution in [3.63, 3.8) is 0 Å². The Morgan fingerprint density at radius 3 is 1.89 bits per heavy atom.